The molecule has 1 aliphatic rings. The van der Waals surface area contributed by atoms with Crippen molar-refractivity contribution in [2.75, 3.05) is 6.54 Å². The lowest BCUT2D eigenvalue weighted by molar-refractivity contribution is 0.0741. The van der Waals surface area contributed by atoms with Crippen LogP contribution < -0.4 is 5.43 Å². The lowest BCUT2D eigenvalue weighted by Crippen LogP contribution is -2.38. The molecule has 1 atom stereocenters. The van der Waals surface area contributed by atoms with E-state index in [1.165, 1.54) is 6.07 Å². The average molecular weight is 274 g/mol. The van der Waals surface area contributed by atoms with Crippen molar-refractivity contribution in [1.82, 2.24) is 9.47 Å². The maximum Gasteiger partial charge on any atom is 0.260 e. The zero-order valence-electron chi connectivity index (χ0n) is 12.4. The van der Waals surface area contributed by atoms with E-state index in [1.54, 1.807) is 11.1 Å². The average Bonchev–Trinajstić information content (AvgIpc) is 2.88. The topological polar surface area (TPSA) is 42.3 Å². The number of unbranched alkanes of at least 4 members (excludes halogenated alkanes) is 1. The predicted octanol–water partition coefficient (Wildman–Crippen LogP) is 2.26. The molecule has 20 heavy (non-hydrogen) atoms. The van der Waals surface area contributed by atoms with Gasteiger partial charge in [-0.05, 0) is 13.3 Å². The van der Waals surface area contributed by atoms with Crippen molar-refractivity contribution in [3.63, 3.8) is 0 Å². The molecule has 0 saturated heterocycles. The number of hydrogen-bond acceptors (Lipinski definition) is 2. The van der Waals surface area contributed by atoms with E-state index < -0.39 is 0 Å². The molecular weight excluding hydrogens is 252 g/mol. The lowest BCUT2D eigenvalue weighted by Gasteiger charge is -2.24. The second-order valence-electron chi connectivity index (χ2n) is 5.40. The van der Waals surface area contributed by atoms with Crippen LogP contribution >= 0.6 is 0 Å². The molecular formula is C16H22N2O2. The summed E-state index contributed by atoms with van der Waals surface area (Å²) in [5.74, 6) is -0.156. The molecule has 108 valence electrons. The summed E-state index contributed by atoms with van der Waals surface area (Å²) in [7, 11) is 1.85. The van der Waals surface area contributed by atoms with E-state index in [1.807, 2.05) is 24.6 Å². The van der Waals surface area contributed by atoms with E-state index in [-0.39, 0.29) is 22.9 Å². The van der Waals surface area contributed by atoms with Gasteiger partial charge in [0, 0.05) is 31.5 Å². The summed E-state index contributed by atoms with van der Waals surface area (Å²) in [5, 5.41) is 0. The van der Waals surface area contributed by atoms with E-state index in [0.717, 1.165) is 25.0 Å². The minimum Gasteiger partial charge on any atom is -0.354 e. The molecule has 4 heteroatoms. The maximum absolute atomic E-state index is 12.6. The molecule has 4 nitrogen and oxygen atoms in total. The van der Waals surface area contributed by atoms with Gasteiger partial charge < -0.3 is 9.47 Å². The van der Waals surface area contributed by atoms with Gasteiger partial charge in [0.1, 0.15) is 5.56 Å². The Labute approximate surface area is 119 Å². The van der Waals surface area contributed by atoms with Gasteiger partial charge in [0.25, 0.3) is 5.91 Å². The van der Waals surface area contributed by atoms with Crippen molar-refractivity contribution >= 4 is 5.91 Å². The van der Waals surface area contributed by atoms with Crippen molar-refractivity contribution in [3.8, 4) is 0 Å². The van der Waals surface area contributed by atoms with Crippen LogP contribution in [0.3, 0.4) is 0 Å². The molecule has 1 aliphatic heterocycles. The summed E-state index contributed by atoms with van der Waals surface area (Å²) in [6.07, 6.45) is 8.90. The number of carbonyl (C=O) groups is 1. The molecule has 2 rings (SSSR count). The Morgan fingerprint density at radius 2 is 2.20 bits per heavy atom. The normalized spacial score (nSPS) is 17.8. The van der Waals surface area contributed by atoms with Gasteiger partial charge in [-0.1, -0.05) is 31.9 Å². The Kier molecular flexibility index (Phi) is 4.42. The maximum atomic E-state index is 12.6. The minimum absolute atomic E-state index is 0.133. The second-order valence-corrected chi connectivity index (χ2v) is 5.40. The first-order valence-corrected chi connectivity index (χ1v) is 7.19. The molecule has 1 aromatic rings. The number of pyridine rings is 1. The molecule has 1 unspecified atom stereocenters. The standard InChI is InChI=1S/C16H22N2O2/c1-4-5-7-13-8-6-9-18(13)16(20)14-11-17(3)12(2)10-15(14)19/h6,8,10-11,13H,4-5,7,9H2,1-3H3. The van der Waals surface area contributed by atoms with Gasteiger partial charge in [-0.3, -0.25) is 9.59 Å². The summed E-state index contributed by atoms with van der Waals surface area (Å²) in [6.45, 7) is 4.60. The predicted molar refractivity (Wildman–Crippen MR) is 79.9 cm³/mol. The van der Waals surface area contributed by atoms with E-state index in [0.29, 0.717) is 6.54 Å². The summed E-state index contributed by atoms with van der Waals surface area (Å²) < 4.78 is 1.82. The van der Waals surface area contributed by atoms with Gasteiger partial charge in [0.2, 0.25) is 0 Å². The highest BCUT2D eigenvalue weighted by Crippen LogP contribution is 2.18. The van der Waals surface area contributed by atoms with Crippen molar-refractivity contribution < 1.29 is 4.79 Å². The highest BCUT2D eigenvalue weighted by Gasteiger charge is 2.26. The van der Waals surface area contributed by atoms with E-state index >= 15 is 0 Å². The van der Waals surface area contributed by atoms with Crippen LogP contribution in [0.25, 0.3) is 0 Å². The number of rotatable bonds is 4. The summed E-state index contributed by atoms with van der Waals surface area (Å²) in [4.78, 5) is 26.4. The molecule has 0 spiro atoms. The summed E-state index contributed by atoms with van der Waals surface area (Å²) in [6, 6.07) is 1.66. The van der Waals surface area contributed by atoms with Crippen LogP contribution in [-0.4, -0.2) is 28.0 Å². The Morgan fingerprint density at radius 3 is 2.90 bits per heavy atom. The number of aryl methyl sites for hydroxylation is 2. The number of amides is 1. The molecule has 2 heterocycles. The van der Waals surface area contributed by atoms with Gasteiger partial charge in [0.05, 0.1) is 6.04 Å². The minimum atomic E-state index is -0.188. The van der Waals surface area contributed by atoms with Crippen molar-refractivity contribution in [1.29, 1.82) is 0 Å². The quantitative estimate of drug-likeness (QED) is 0.790. The summed E-state index contributed by atoms with van der Waals surface area (Å²) in [5.41, 5.74) is 0.934. The molecule has 0 aromatic carbocycles. The van der Waals surface area contributed by atoms with E-state index in [2.05, 4.69) is 13.0 Å². The number of aromatic nitrogens is 1. The van der Waals surface area contributed by atoms with Crippen LogP contribution in [0.15, 0.2) is 29.2 Å². The third-order valence-electron chi connectivity index (χ3n) is 3.89. The number of hydrogen-bond donors (Lipinski definition) is 0. The van der Waals surface area contributed by atoms with Gasteiger partial charge in [-0.25, -0.2) is 0 Å². The van der Waals surface area contributed by atoms with Crippen LogP contribution in [0.5, 0.6) is 0 Å². The fraction of sp³-hybridized carbons (Fsp3) is 0.500. The van der Waals surface area contributed by atoms with E-state index in [4.69, 9.17) is 0 Å². The molecule has 0 fully saturated rings. The SMILES string of the molecule is CCCCC1C=CCN1C(=O)c1cn(C)c(C)cc1=O. The third-order valence-corrected chi connectivity index (χ3v) is 3.89. The monoisotopic (exact) mass is 274 g/mol. The molecule has 0 bridgehead atoms. The van der Waals surface area contributed by atoms with Gasteiger partial charge in [-0.15, -0.1) is 0 Å². The highest BCUT2D eigenvalue weighted by molar-refractivity contribution is 5.94. The van der Waals surface area contributed by atoms with Crippen LogP contribution in [0.2, 0.25) is 0 Å². The second kappa shape index (κ2) is 6.07. The Morgan fingerprint density at radius 1 is 1.45 bits per heavy atom. The first-order chi connectivity index (χ1) is 9.54. The van der Waals surface area contributed by atoms with Crippen LogP contribution in [0, 0.1) is 6.92 Å². The molecule has 1 aromatic heterocycles. The van der Waals surface area contributed by atoms with Crippen molar-refractivity contribution in [3.05, 3.63) is 45.9 Å². The molecule has 1 amide bonds. The first-order valence-electron chi connectivity index (χ1n) is 7.19. The fourth-order valence-electron chi connectivity index (χ4n) is 2.51. The van der Waals surface area contributed by atoms with E-state index in [9.17, 15) is 9.59 Å². The Hall–Kier alpha value is -1.84. The van der Waals surface area contributed by atoms with Crippen LogP contribution in [0.1, 0.15) is 42.2 Å². The lowest BCUT2D eigenvalue weighted by atomic mass is 10.1. The fourth-order valence-corrected chi connectivity index (χ4v) is 2.51. The largest absolute Gasteiger partial charge is 0.354 e. The number of carbonyl (C=O) groups excluding carboxylic acids is 1. The smallest absolute Gasteiger partial charge is 0.260 e. The Bertz CT molecular complexity index is 587. The van der Waals surface area contributed by atoms with Crippen molar-refractivity contribution in [2.45, 2.75) is 39.2 Å². The highest BCUT2D eigenvalue weighted by atomic mass is 16.2. The number of nitrogens with zero attached hydrogens (tertiary/aromatic N) is 2. The molecule has 0 radical (unpaired) electrons. The van der Waals surface area contributed by atoms with Gasteiger partial charge in [-0.2, -0.15) is 0 Å². The molecule has 0 saturated carbocycles. The van der Waals surface area contributed by atoms with Gasteiger partial charge >= 0.3 is 0 Å². The van der Waals surface area contributed by atoms with Crippen LogP contribution in [-0.2, 0) is 7.05 Å². The molecule has 0 aliphatic carbocycles. The third kappa shape index (κ3) is 2.84. The van der Waals surface area contributed by atoms with Crippen molar-refractivity contribution in [2.24, 2.45) is 7.05 Å². The zero-order valence-corrected chi connectivity index (χ0v) is 12.4. The van der Waals surface area contributed by atoms with Crippen LogP contribution in [0.4, 0.5) is 0 Å². The van der Waals surface area contributed by atoms with Gasteiger partial charge in [0.15, 0.2) is 5.43 Å². The first kappa shape index (κ1) is 14.6. The summed E-state index contributed by atoms with van der Waals surface area (Å²) >= 11 is 0. The zero-order chi connectivity index (χ0) is 14.7. The Balaban J connectivity index is 2.23. The molecule has 0 N–H and O–H groups in total.